The van der Waals surface area contributed by atoms with Gasteiger partial charge in [-0.15, -0.1) is 6.58 Å². The second-order valence-corrected chi connectivity index (χ2v) is 12.2. The van der Waals surface area contributed by atoms with E-state index >= 15 is 0 Å². The van der Waals surface area contributed by atoms with Gasteiger partial charge in [-0.2, -0.15) is 0 Å². The molecule has 0 saturated heterocycles. The summed E-state index contributed by atoms with van der Waals surface area (Å²) in [5.74, 6) is 5.74. The van der Waals surface area contributed by atoms with Gasteiger partial charge in [0.1, 0.15) is 0 Å². The monoisotopic (exact) mass is 448 g/mol. The minimum Gasteiger partial charge on any atom is -0.103 e. The predicted octanol–water partition coefficient (Wildman–Crippen LogP) is 10.3. The molecule has 0 heterocycles. The van der Waals surface area contributed by atoms with Crippen LogP contribution in [0.5, 0.6) is 0 Å². The van der Waals surface area contributed by atoms with Crippen molar-refractivity contribution in [1.82, 2.24) is 0 Å². The molecule has 0 radical (unpaired) electrons. The highest BCUT2D eigenvalue weighted by atomic mass is 14.4. The van der Waals surface area contributed by atoms with Gasteiger partial charge in [-0.05, 0) is 111 Å². The third-order valence-corrected chi connectivity index (χ3v) is 10.1. The van der Waals surface area contributed by atoms with E-state index < -0.39 is 0 Å². The highest BCUT2D eigenvalue weighted by molar-refractivity contribution is 5.26. The van der Waals surface area contributed by atoms with E-state index in [9.17, 15) is 0 Å². The van der Waals surface area contributed by atoms with Crippen LogP contribution in [0.3, 0.4) is 0 Å². The van der Waals surface area contributed by atoms with Gasteiger partial charge in [-0.25, -0.2) is 0 Å². The highest BCUT2D eigenvalue weighted by Crippen LogP contribution is 2.43. The van der Waals surface area contributed by atoms with Crippen molar-refractivity contribution in [3.05, 3.63) is 48.0 Å². The Morgan fingerprint density at radius 1 is 0.697 bits per heavy atom. The van der Waals surface area contributed by atoms with Gasteiger partial charge >= 0.3 is 0 Å². The molecule has 3 aliphatic carbocycles. The molecule has 0 aromatic heterocycles. The first-order valence-electron chi connectivity index (χ1n) is 15.0. The Balaban J connectivity index is 1.12. The lowest BCUT2D eigenvalue weighted by Gasteiger charge is -2.38. The molecule has 0 bridgehead atoms. The molecule has 184 valence electrons. The van der Waals surface area contributed by atoms with Crippen LogP contribution in [0.4, 0.5) is 0 Å². The largest absolute Gasteiger partial charge is 0.103 e. The van der Waals surface area contributed by atoms with Crippen molar-refractivity contribution in [2.24, 2.45) is 29.6 Å². The average Bonchev–Trinajstić information content (AvgIpc) is 2.89. The van der Waals surface area contributed by atoms with Gasteiger partial charge in [-0.1, -0.05) is 88.6 Å². The van der Waals surface area contributed by atoms with Gasteiger partial charge in [0, 0.05) is 0 Å². The molecule has 3 aliphatic rings. The van der Waals surface area contributed by atoms with Gasteiger partial charge < -0.3 is 0 Å². The van der Waals surface area contributed by atoms with Gasteiger partial charge in [0.15, 0.2) is 0 Å². The van der Waals surface area contributed by atoms with Crippen molar-refractivity contribution in [3.63, 3.8) is 0 Å². The SMILES string of the molecule is C=CC1CCC(c2ccc(CCC3CCC(C4CCC(CCCCC)CC4)CC3)cc2)CC1. The highest BCUT2D eigenvalue weighted by Gasteiger charge is 2.30. The molecule has 0 amide bonds. The number of benzene rings is 1. The average molecular weight is 449 g/mol. The Labute approximate surface area is 206 Å². The number of aryl methyl sites for hydroxylation is 1. The van der Waals surface area contributed by atoms with Crippen LogP contribution in [0, 0.1) is 29.6 Å². The normalized spacial score (nSPS) is 33.0. The number of rotatable bonds is 10. The smallest absolute Gasteiger partial charge is 0.0162 e. The van der Waals surface area contributed by atoms with E-state index in [2.05, 4.69) is 43.8 Å². The van der Waals surface area contributed by atoms with E-state index in [-0.39, 0.29) is 0 Å². The van der Waals surface area contributed by atoms with Crippen LogP contribution in [-0.2, 0) is 6.42 Å². The van der Waals surface area contributed by atoms with Crippen LogP contribution in [0.15, 0.2) is 36.9 Å². The zero-order valence-corrected chi connectivity index (χ0v) is 21.8. The lowest BCUT2D eigenvalue weighted by Crippen LogP contribution is -2.26. The van der Waals surface area contributed by atoms with Crippen molar-refractivity contribution < 1.29 is 0 Å². The minimum absolute atomic E-state index is 0.765. The van der Waals surface area contributed by atoms with E-state index in [0.29, 0.717) is 0 Å². The molecule has 0 heteroatoms. The first-order valence-corrected chi connectivity index (χ1v) is 15.0. The Kier molecular flexibility index (Phi) is 9.99. The van der Waals surface area contributed by atoms with Crippen molar-refractivity contribution in [1.29, 1.82) is 0 Å². The van der Waals surface area contributed by atoms with Crippen LogP contribution in [0.2, 0.25) is 0 Å². The number of hydrogen-bond acceptors (Lipinski definition) is 0. The Morgan fingerprint density at radius 2 is 1.27 bits per heavy atom. The van der Waals surface area contributed by atoms with Crippen LogP contribution in [0.25, 0.3) is 0 Å². The Hall–Kier alpha value is -1.04. The molecular formula is C33H52. The maximum Gasteiger partial charge on any atom is -0.0162 e. The second-order valence-electron chi connectivity index (χ2n) is 12.2. The summed E-state index contributed by atoms with van der Waals surface area (Å²) in [6, 6.07) is 9.78. The molecule has 1 aromatic rings. The van der Waals surface area contributed by atoms with Crippen LogP contribution in [0.1, 0.15) is 133 Å². The minimum atomic E-state index is 0.765. The third kappa shape index (κ3) is 7.47. The van der Waals surface area contributed by atoms with Gasteiger partial charge in [0.05, 0.1) is 0 Å². The van der Waals surface area contributed by atoms with Crippen LogP contribution in [-0.4, -0.2) is 0 Å². The molecule has 4 rings (SSSR count). The lowest BCUT2D eigenvalue weighted by atomic mass is 9.68. The summed E-state index contributed by atoms with van der Waals surface area (Å²) >= 11 is 0. The molecule has 0 N–H and O–H groups in total. The van der Waals surface area contributed by atoms with Crippen molar-refractivity contribution in [3.8, 4) is 0 Å². The van der Waals surface area contributed by atoms with E-state index in [4.69, 9.17) is 0 Å². The van der Waals surface area contributed by atoms with Gasteiger partial charge in [0.25, 0.3) is 0 Å². The molecule has 3 fully saturated rings. The summed E-state index contributed by atoms with van der Waals surface area (Å²) in [5.41, 5.74) is 3.16. The van der Waals surface area contributed by atoms with E-state index in [1.807, 2.05) is 0 Å². The second kappa shape index (κ2) is 13.2. The van der Waals surface area contributed by atoms with Crippen LogP contribution < -0.4 is 0 Å². The molecule has 0 atom stereocenters. The standard InChI is InChI=1S/C33H52/c1-3-5-6-7-27-12-20-31(21-13-27)33-24-16-29(17-25-33)9-8-28-14-22-32(23-15-28)30-18-10-26(4-2)11-19-30/h4,14-15,22-23,26-27,29-31,33H,2-3,5-13,16-21,24-25H2,1H3. The lowest BCUT2D eigenvalue weighted by molar-refractivity contribution is 0.140. The first kappa shape index (κ1) is 25.1. The molecule has 0 nitrogen and oxygen atoms in total. The molecule has 0 aliphatic heterocycles. The molecular weight excluding hydrogens is 396 g/mol. The van der Waals surface area contributed by atoms with Crippen molar-refractivity contribution in [2.45, 2.75) is 128 Å². The third-order valence-electron chi connectivity index (χ3n) is 10.1. The fourth-order valence-electron chi connectivity index (χ4n) is 7.60. The maximum absolute atomic E-state index is 3.99. The number of unbranched alkanes of at least 4 members (excludes halogenated alkanes) is 2. The zero-order chi connectivity index (χ0) is 22.9. The molecule has 3 saturated carbocycles. The summed E-state index contributed by atoms with van der Waals surface area (Å²) in [5, 5.41) is 0. The van der Waals surface area contributed by atoms with Crippen molar-refractivity contribution in [2.75, 3.05) is 0 Å². The summed E-state index contributed by atoms with van der Waals surface area (Å²) in [4.78, 5) is 0. The van der Waals surface area contributed by atoms with Crippen LogP contribution >= 0.6 is 0 Å². The number of allylic oxidation sites excluding steroid dienone is 1. The summed E-state index contributed by atoms with van der Waals surface area (Å²) in [6.45, 7) is 6.33. The Bertz CT molecular complexity index is 660. The molecule has 33 heavy (non-hydrogen) atoms. The van der Waals surface area contributed by atoms with Crippen molar-refractivity contribution >= 4 is 0 Å². The quantitative estimate of drug-likeness (QED) is 0.246. The van der Waals surface area contributed by atoms with Gasteiger partial charge in [-0.3, -0.25) is 0 Å². The summed E-state index contributed by atoms with van der Waals surface area (Å²) in [6.07, 6.45) is 28.3. The first-order chi connectivity index (χ1) is 16.2. The van der Waals surface area contributed by atoms with E-state index in [0.717, 1.165) is 35.5 Å². The molecule has 0 spiro atoms. The fraction of sp³-hybridized carbons (Fsp3) is 0.758. The molecule has 1 aromatic carbocycles. The summed E-state index contributed by atoms with van der Waals surface area (Å²) < 4.78 is 0. The fourth-order valence-corrected chi connectivity index (χ4v) is 7.60. The topological polar surface area (TPSA) is 0 Å². The Morgan fingerprint density at radius 3 is 1.82 bits per heavy atom. The molecule has 0 unspecified atom stereocenters. The zero-order valence-electron chi connectivity index (χ0n) is 21.8. The predicted molar refractivity (Wildman–Crippen MR) is 145 cm³/mol. The van der Waals surface area contributed by atoms with E-state index in [1.165, 1.54) is 89.9 Å². The maximum atomic E-state index is 3.99. The number of hydrogen-bond donors (Lipinski definition) is 0. The van der Waals surface area contributed by atoms with Gasteiger partial charge in [0.2, 0.25) is 0 Å². The van der Waals surface area contributed by atoms with E-state index in [1.54, 1.807) is 36.8 Å². The summed E-state index contributed by atoms with van der Waals surface area (Å²) in [7, 11) is 0.